The van der Waals surface area contributed by atoms with Crippen LogP contribution in [-0.2, 0) is 6.18 Å². The number of hydrogen-bond donors (Lipinski definition) is 0. The van der Waals surface area contributed by atoms with Crippen molar-refractivity contribution in [3.63, 3.8) is 0 Å². The third-order valence-corrected chi connectivity index (χ3v) is 4.86. The van der Waals surface area contributed by atoms with Gasteiger partial charge in [-0.3, -0.25) is 4.79 Å². The predicted octanol–water partition coefficient (Wildman–Crippen LogP) is 3.16. The molecule has 8 nitrogen and oxygen atoms in total. The van der Waals surface area contributed by atoms with Gasteiger partial charge in [0, 0.05) is 44.1 Å². The lowest BCUT2D eigenvalue weighted by atomic mass is 10.2. The van der Waals surface area contributed by atoms with Crippen molar-refractivity contribution in [2.45, 2.75) is 6.18 Å². The molecule has 0 atom stereocenters. The lowest BCUT2D eigenvalue weighted by Gasteiger charge is -2.35. The van der Waals surface area contributed by atoms with Crippen LogP contribution in [0.15, 0.2) is 41.2 Å². The number of nitrogens with zero attached hydrogens (tertiary/aromatic N) is 6. The Hall–Kier alpha value is -3.21. The number of carbonyl (C=O) groups is 1. The van der Waals surface area contributed by atoms with E-state index in [-0.39, 0.29) is 16.9 Å². The zero-order valence-corrected chi connectivity index (χ0v) is 16.1. The third-order valence-electron chi connectivity index (χ3n) is 4.55. The number of hydrogen-bond acceptors (Lipinski definition) is 7. The Balaban J connectivity index is 1.40. The third kappa shape index (κ3) is 4.06. The fraction of sp³-hybridized carbons (Fsp3) is 0.278. The highest BCUT2D eigenvalue weighted by molar-refractivity contribution is 6.32. The van der Waals surface area contributed by atoms with Crippen LogP contribution in [0.4, 0.5) is 19.0 Å². The number of pyridine rings is 2. The highest BCUT2D eigenvalue weighted by Crippen LogP contribution is 2.29. The van der Waals surface area contributed by atoms with Crippen LogP contribution in [-0.4, -0.2) is 57.1 Å². The maximum Gasteiger partial charge on any atom is 0.471 e. The first-order valence-corrected chi connectivity index (χ1v) is 9.23. The quantitative estimate of drug-likeness (QED) is 0.580. The van der Waals surface area contributed by atoms with Gasteiger partial charge in [-0.1, -0.05) is 16.8 Å². The van der Waals surface area contributed by atoms with Crippen LogP contribution in [0.5, 0.6) is 0 Å². The normalized spacial score (nSPS) is 14.8. The summed E-state index contributed by atoms with van der Waals surface area (Å²) in [4.78, 5) is 27.8. The van der Waals surface area contributed by atoms with Gasteiger partial charge in [0.25, 0.3) is 5.91 Å². The number of amides is 1. The Bertz CT molecular complexity index is 1050. The summed E-state index contributed by atoms with van der Waals surface area (Å²) in [5, 5.41) is 3.50. The van der Waals surface area contributed by atoms with E-state index in [9.17, 15) is 18.0 Å². The van der Waals surface area contributed by atoms with E-state index >= 15 is 0 Å². The van der Waals surface area contributed by atoms with Crippen LogP contribution in [0.25, 0.3) is 11.4 Å². The number of anilines is 1. The molecule has 0 radical (unpaired) electrons. The Kier molecular flexibility index (Phi) is 5.29. The summed E-state index contributed by atoms with van der Waals surface area (Å²) in [6.07, 6.45) is -1.80. The van der Waals surface area contributed by atoms with Gasteiger partial charge in [0.1, 0.15) is 11.0 Å². The lowest BCUT2D eigenvalue weighted by molar-refractivity contribution is -0.159. The van der Waals surface area contributed by atoms with Crippen molar-refractivity contribution < 1.29 is 22.5 Å². The van der Waals surface area contributed by atoms with Gasteiger partial charge >= 0.3 is 12.1 Å². The largest absolute Gasteiger partial charge is 0.471 e. The second-order valence-corrected chi connectivity index (χ2v) is 6.81. The molecule has 1 saturated heterocycles. The van der Waals surface area contributed by atoms with Gasteiger partial charge < -0.3 is 14.3 Å². The van der Waals surface area contributed by atoms with Crippen molar-refractivity contribution in [2.24, 2.45) is 0 Å². The second kappa shape index (κ2) is 7.90. The number of halogens is 4. The van der Waals surface area contributed by atoms with E-state index in [0.717, 1.165) is 0 Å². The highest BCUT2D eigenvalue weighted by atomic mass is 35.5. The summed E-state index contributed by atoms with van der Waals surface area (Å²) in [5.41, 5.74) is 0.659. The van der Waals surface area contributed by atoms with E-state index in [1.54, 1.807) is 29.2 Å². The molecule has 1 amide bonds. The summed E-state index contributed by atoms with van der Waals surface area (Å²) in [6.45, 7) is 2.01. The van der Waals surface area contributed by atoms with Gasteiger partial charge in [0.15, 0.2) is 0 Å². The maximum atomic E-state index is 12.6. The van der Waals surface area contributed by atoms with E-state index in [1.807, 2.05) is 4.90 Å². The summed E-state index contributed by atoms with van der Waals surface area (Å²) >= 11 is 6.00. The number of rotatable bonds is 3. The molecule has 30 heavy (non-hydrogen) atoms. The van der Waals surface area contributed by atoms with E-state index in [2.05, 4.69) is 24.6 Å². The van der Waals surface area contributed by atoms with E-state index in [4.69, 9.17) is 11.6 Å². The minimum Gasteiger partial charge on any atom is -0.353 e. The molecule has 156 valence electrons. The Labute approximate surface area is 173 Å². The van der Waals surface area contributed by atoms with Crippen molar-refractivity contribution in [3.05, 3.63) is 53.3 Å². The molecule has 1 aliphatic rings. The molecule has 4 rings (SSSR count). The predicted molar refractivity (Wildman–Crippen MR) is 99.9 cm³/mol. The molecule has 0 aromatic carbocycles. The van der Waals surface area contributed by atoms with Crippen molar-refractivity contribution in [2.75, 3.05) is 31.1 Å². The first-order valence-electron chi connectivity index (χ1n) is 8.85. The molecule has 0 bridgehead atoms. The number of alkyl halides is 3. The van der Waals surface area contributed by atoms with Crippen LogP contribution >= 0.6 is 11.6 Å². The van der Waals surface area contributed by atoms with Crippen LogP contribution in [0.3, 0.4) is 0 Å². The van der Waals surface area contributed by atoms with Crippen LogP contribution in [0, 0.1) is 0 Å². The zero-order valence-electron chi connectivity index (χ0n) is 15.3. The summed E-state index contributed by atoms with van der Waals surface area (Å²) in [5.74, 6) is -1.15. The molecular formula is C18H14ClF3N6O2. The van der Waals surface area contributed by atoms with E-state index in [0.29, 0.717) is 43.1 Å². The van der Waals surface area contributed by atoms with Crippen LogP contribution in [0.2, 0.25) is 5.15 Å². The van der Waals surface area contributed by atoms with Gasteiger partial charge in [-0.2, -0.15) is 18.2 Å². The standard InChI is InChI=1S/C18H14ClF3N6O2/c19-14-12(2-1-5-23-14)16(29)28-8-6-27(7-9-28)13-4-3-11(10-24-13)15-25-17(30-26-15)18(20,21)22/h1-5,10H,6-9H2. The van der Waals surface area contributed by atoms with Gasteiger partial charge in [0.2, 0.25) is 5.82 Å². The first-order chi connectivity index (χ1) is 14.3. The SMILES string of the molecule is O=C(c1cccnc1Cl)N1CCN(c2ccc(-c3noc(C(F)(F)F)n3)cn2)CC1. The molecule has 0 N–H and O–H groups in total. The Morgan fingerprint density at radius 3 is 2.47 bits per heavy atom. The van der Waals surface area contributed by atoms with Gasteiger partial charge in [0.05, 0.1) is 5.56 Å². The second-order valence-electron chi connectivity index (χ2n) is 6.45. The molecule has 0 spiro atoms. The van der Waals surface area contributed by atoms with Gasteiger partial charge in [-0.05, 0) is 24.3 Å². The average Bonchev–Trinajstić information content (AvgIpc) is 3.25. The lowest BCUT2D eigenvalue weighted by Crippen LogP contribution is -2.49. The van der Waals surface area contributed by atoms with Gasteiger partial charge in [-0.15, -0.1) is 0 Å². The molecule has 0 saturated carbocycles. The summed E-state index contributed by atoms with van der Waals surface area (Å²) < 4.78 is 42.0. The molecule has 3 aromatic heterocycles. The van der Waals surface area contributed by atoms with Crippen molar-refractivity contribution in [1.29, 1.82) is 0 Å². The molecule has 1 fully saturated rings. The van der Waals surface area contributed by atoms with Gasteiger partial charge in [-0.25, -0.2) is 9.97 Å². The summed E-state index contributed by atoms with van der Waals surface area (Å²) in [6, 6.07) is 6.52. The molecular weight excluding hydrogens is 425 g/mol. The molecule has 0 unspecified atom stereocenters. The monoisotopic (exact) mass is 438 g/mol. The molecule has 4 heterocycles. The average molecular weight is 439 g/mol. The topological polar surface area (TPSA) is 88.3 Å². The molecule has 0 aliphatic carbocycles. The minimum atomic E-state index is -4.70. The summed E-state index contributed by atoms with van der Waals surface area (Å²) in [7, 11) is 0. The van der Waals surface area contributed by atoms with Crippen LogP contribution < -0.4 is 4.90 Å². The van der Waals surface area contributed by atoms with Crippen molar-refractivity contribution in [3.8, 4) is 11.4 Å². The Morgan fingerprint density at radius 1 is 1.10 bits per heavy atom. The first kappa shape index (κ1) is 20.1. The molecule has 12 heteroatoms. The van der Waals surface area contributed by atoms with E-state index in [1.165, 1.54) is 12.4 Å². The van der Waals surface area contributed by atoms with E-state index < -0.39 is 12.1 Å². The van der Waals surface area contributed by atoms with Crippen molar-refractivity contribution in [1.82, 2.24) is 25.0 Å². The number of piperazine rings is 1. The fourth-order valence-corrected chi connectivity index (χ4v) is 3.22. The molecule has 1 aliphatic heterocycles. The highest BCUT2D eigenvalue weighted by Gasteiger charge is 2.38. The maximum absolute atomic E-state index is 12.6. The minimum absolute atomic E-state index is 0.164. The van der Waals surface area contributed by atoms with Crippen LogP contribution in [0.1, 0.15) is 16.2 Å². The molecule has 3 aromatic rings. The number of carbonyl (C=O) groups excluding carboxylic acids is 1. The van der Waals surface area contributed by atoms with Crippen molar-refractivity contribution >= 4 is 23.3 Å². The number of aromatic nitrogens is 4. The Morgan fingerprint density at radius 2 is 1.87 bits per heavy atom. The smallest absolute Gasteiger partial charge is 0.353 e. The fourth-order valence-electron chi connectivity index (χ4n) is 3.02. The zero-order chi connectivity index (χ0) is 21.3.